The minimum Gasteiger partial charge on any atom is -0.465 e. The van der Waals surface area contributed by atoms with Crippen LogP contribution >= 0.6 is 0 Å². The highest BCUT2D eigenvalue weighted by Gasteiger charge is 2.15. The Bertz CT molecular complexity index is 447. The van der Waals surface area contributed by atoms with Gasteiger partial charge < -0.3 is 10.5 Å². The van der Waals surface area contributed by atoms with Gasteiger partial charge in [-0.3, -0.25) is 0 Å². The number of nitrogens with two attached hydrogens (primary N) is 1. The zero-order valence-electron chi connectivity index (χ0n) is 9.41. The van der Waals surface area contributed by atoms with Crippen LogP contribution in [0.5, 0.6) is 0 Å². The molecular formula is C12H14N2O2. The Labute approximate surface area is 94.6 Å². The third-order valence-electron chi connectivity index (χ3n) is 2.45. The summed E-state index contributed by atoms with van der Waals surface area (Å²) in [5, 5.41) is 8.99. The van der Waals surface area contributed by atoms with E-state index in [2.05, 4.69) is 10.8 Å². The van der Waals surface area contributed by atoms with Crippen molar-refractivity contribution in [3.8, 4) is 6.07 Å². The molecule has 4 nitrogen and oxygen atoms in total. The summed E-state index contributed by atoms with van der Waals surface area (Å²) >= 11 is 0. The molecule has 0 saturated heterocycles. The van der Waals surface area contributed by atoms with Crippen LogP contribution in [0.2, 0.25) is 0 Å². The van der Waals surface area contributed by atoms with Crippen LogP contribution in [0.3, 0.4) is 0 Å². The van der Waals surface area contributed by atoms with E-state index in [0.717, 1.165) is 12.0 Å². The maximum absolute atomic E-state index is 11.5. The molecule has 2 N–H and O–H groups in total. The third-order valence-corrected chi connectivity index (χ3v) is 2.45. The highest BCUT2D eigenvalue weighted by atomic mass is 16.5. The lowest BCUT2D eigenvalue weighted by molar-refractivity contribution is 0.0599. The van der Waals surface area contributed by atoms with Crippen LogP contribution in [-0.4, -0.2) is 13.1 Å². The van der Waals surface area contributed by atoms with Gasteiger partial charge >= 0.3 is 5.97 Å². The minimum atomic E-state index is -0.452. The van der Waals surface area contributed by atoms with Gasteiger partial charge in [0.25, 0.3) is 0 Å². The van der Waals surface area contributed by atoms with E-state index in [4.69, 9.17) is 11.0 Å². The summed E-state index contributed by atoms with van der Waals surface area (Å²) in [7, 11) is 1.31. The molecule has 0 bridgehead atoms. The molecule has 0 aromatic heterocycles. The molecule has 1 aromatic carbocycles. The van der Waals surface area contributed by atoms with Gasteiger partial charge in [-0.2, -0.15) is 5.26 Å². The zero-order chi connectivity index (χ0) is 12.1. The fourth-order valence-electron chi connectivity index (χ4n) is 1.55. The molecule has 4 heteroatoms. The molecule has 0 aliphatic rings. The predicted molar refractivity (Wildman–Crippen MR) is 59.8 cm³/mol. The molecule has 84 valence electrons. The molecule has 0 aliphatic carbocycles. The Hall–Kier alpha value is -1.86. The molecule has 0 aliphatic heterocycles. The summed E-state index contributed by atoms with van der Waals surface area (Å²) in [6.07, 6.45) is 0.753. The van der Waals surface area contributed by atoms with Gasteiger partial charge in [0.15, 0.2) is 0 Å². The maximum Gasteiger partial charge on any atom is 0.338 e. The first kappa shape index (κ1) is 12.2. The lowest BCUT2D eigenvalue weighted by Gasteiger charge is -2.10. The second-order valence-corrected chi connectivity index (χ2v) is 3.33. The fourth-order valence-corrected chi connectivity index (χ4v) is 1.55. The van der Waals surface area contributed by atoms with Crippen molar-refractivity contribution in [3.05, 3.63) is 34.4 Å². The van der Waals surface area contributed by atoms with Gasteiger partial charge in [0, 0.05) is 6.54 Å². The van der Waals surface area contributed by atoms with Crippen molar-refractivity contribution in [2.75, 3.05) is 7.11 Å². The Morgan fingerprint density at radius 3 is 2.69 bits per heavy atom. The molecular weight excluding hydrogens is 204 g/mol. The zero-order valence-corrected chi connectivity index (χ0v) is 9.41. The molecule has 0 heterocycles. The van der Waals surface area contributed by atoms with Crippen LogP contribution in [-0.2, 0) is 17.7 Å². The number of carbonyl (C=O) groups is 1. The summed E-state index contributed by atoms with van der Waals surface area (Å²) in [4.78, 5) is 11.5. The number of ether oxygens (including phenoxy) is 1. The van der Waals surface area contributed by atoms with Crippen molar-refractivity contribution >= 4 is 5.97 Å². The van der Waals surface area contributed by atoms with Crippen LogP contribution in [0.25, 0.3) is 0 Å². The first-order valence-electron chi connectivity index (χ1n) is 5.02. The topological polar surface area (TPSA) is 76.1 Å². The van der Waals surface area contributed by atoms with Gasteiger partial charge in [-0.05, 0) is 29.7 Å². The van der Waals surface area contributed by atoms with Crippen LogP contribution in [0.4, 0.5) is 0 Å². The first-order chi connectivity index (χ1) is 7.67. The molecule has 0 saturated carbocycles. The Morgan fingerprint density at radius 1 is 1.56 bits per heavy atom. The quantitative estimate of drug-likeness (QED) is 0.777. The Kier molecular flexibility index (Phi) is 4.03. The molecule has 0 radical (unpaired) electrons. The van der Waals surface area contributed by atoms with Gasteiger partial charge in [-0.15, -0.1) is 0 Å². The molecule has 0 amide bonds. The van der Waals surface area contributed by atoms with Gasteiger partial charge in [0.05, 0.1) is 24.3 Å². The SMILES string of the molecule is CCc1cc(C#N)c(CN)c(C(=O)OC)c1. The molecule has 0 fully saturated rings. The predicted octanol–water partition coefficient (Wildman–Crippen LogP) is 1.37. The second-order valence-electron chi connectivity index (χ2n) is 3.33. The average molecular weight is 218 g/mol. The van der Waals surface area contributed by atoms with Crippen molar-refractivity contribution in [2.45, 2.75) is 19.9 Å². The average Bonchev–Trinajstić information content (AvgIpc) is 2.35. The van der Waals surface area contributed by atoms with Crippen molar-refractivity contribution in [3.63, 3.8) is 0 Å². The van der Waals surface area contributed by atoms with E-state index >= 15 is 0 Å². The molecule has 16 heavy (non-hydrogen) atoms. The number of esters is 1. The molecule has 1 aromatic rings. The highest BCUT2D eigenvalue weighted by Crippen LogP contribution is 2.18. The van der Waals surface area contributed by atoms with E-state index in [0.29, 0.717) is 16.7 Å². The van der Waals surface area contributed by atoms with Crippen LogP contribution < -0.4 is 5.73 Å². The standard InChI is InChI=1S/C12H14N2O2/c1-3-8-4-9(6-13)11(7-14)10(5-8)12(15)16-2/h4-5H,3,7,14H2,1-2H3. The molecule has 0 unspecified atom stereocenters. The molecule has 1 rings (SSSR count). The van der Waals surface area contributed by atoms with E-state index < -0.39 is 5.97 Å². The third kappa shape index (κ3) is 2.20. The summed E-state index contributed by atoms with van der Waals surface area (Å²) in [5.74, 6) is -0.452. The number of hydrogen-bond donors (Lipinski definition) is 1. The Morgan fingerprint density at radius 2 is 2.25 bits per heavy atom. The number of nitriles is 1. The van der Waals surface area contributed by atoms with Gasteiger partial charge in [-0.1, -0.05) is 6.92 Å². The van der Waals surface area contributed by atoms with Crippen molar-refractivity contribution in [1.29, 1.82) is 5.26 Å². The number of nitrogens with zero attached hydrogens (tertiary/aromatic N) is 1. The second kappa shape index (κ2) is 5.29. The van der Waals surface area contributed by atoms with Crippen molar-refractivity contribution in [1.82, 2.24) is 0 Å². The maximum atomic E-state index is 11.5. The molecule has 0 spiro atoms. The number of methoxy groups -OCH3 is 1. The number of hydrogen-bond acceptors (Lipinski definition) is 4. The van der Waals surface area contributed by atoms with E-state index in [1.165, 1.54) is 7.11 Å². The summed E-state index contributed by atoms with van der Waals surface area (Å²) in [6.45, 7) is 2.11. The summed E-state index contributed by atoms with van der Waals surface area (Å²) < 4.78 is 4.67. The van der Waals surface area contributed by atoms with Gasteiger partial charge in [0.2, 0.25) is 0 Å². The van der Waals surface area contributed by atoms with Crippen molar-refractivity contribution < 1.29 is 9.53 Å². The van der Waals surface area contributed by atoms with E-state index in [1.54, 1.807) is 12.1 Å². The summed E-state index contributed by atoms with van der Waals surface area (Å²) in [6, 6.07) is 5.54. The van der Waals surface area contributed by atoms with Gasteiger partial charge in [0.1, 0.15) is 0 Å². The van der Waals surface area contributed by atoms with E-state index in [-0.39, 0.29) is 6.54 Å². The normalized spacial score (nSPS) is 9.62. The summed E-state index contributed by atoms with van der Waals surface area (Å²) in [5.41, 5.74) is 7.86. The highest BCUT2D eigenvalue weighted by molar-refractivity contribution is 5.92. The van der Waals surface area contributed by atoms with Crippen LogP contribution in [0.15, 0.2) is 12.1 Å². The van der Waals surface area contributed by atoms with E-state index in [9.17, 15) is 4.79 Å². The number of aryl methyl sites for hydroxylation is 1. The largest absolute Gasteiger partial charge is 0.465 e. The number of benzene rings is 1. The first-order valence-corrected chi connectivity index (χ1v) is 5.02. The Balaban J connectivity index is 3.44. The van der Waals surface area contributed by atoms with Gasteiger partial charge in [-0.25, -0.2) is 4.79 Å². The van der Waals surface area contributed by atoms with Crippen LogP contribution in [0, 0.1) is 11.3 Å². The lowest BCUT2D eigenvalue weighted by Crippen LogP contribution is -2.12. The minimum absolute atomic E-state index is 0.150. The fraction of sp³-hybridized carbons (Fsp3) is 0.333. The molecule has 0 atom stereocenters. The number of carbonyl (C=O) groups excluding carboxylic acids is 1. The van der Waals surface area contributed by atoms with Crippen LogP contribution in [0.1, 0.15) is 34.0 Å². The van der Waals surface area contributed by atoms with Crippen molar-refractivity contribution in [2.24, 2.45) is 5.73 Å². The monoisotopic (exact) mass is 218 g/mol. The number of rotatable bonds is 3. The smallest absolute Gasteiger partial charge is 0.338 e. The van der Waals surface area contributed by atoms with E-state index in [1.807, 2.05) is 6.92 Å². The lowest BCUT2D eigenvalue weighted by atomic mass is 9.97.